The lowest BCUT2D eigenvalue weighted by molar-refractivity contribution is -0.145. The van der Waals surface area contributed by atoms with Gasteiger partial charge in [0.2, 0.25) is 23.5 Å². The first-order chi connectivity index (χ1) is 21.3. The molecule has 0 spiro atoms. The van der Waals surface area contributed by atoms with E-state index in [1.165, 1.54) is 4.90 Å². The Labute approximate surface area is 275 Å². The Balaban J connectivity index is 2.38. The summed E-state index contributed by atoms with van der Waals surface area (Å²) in [5.41, 5.74) is -1.21. The van der Waals surface area contributed by atoms with Gasteiger partial charge in [-0.2, -0.15) is 0 Å². The Kier molecular flexibility index (Phi) is 14.1. The number of carbonyl (C=O) groups excluding carboxylic acids is 6. The monoisotopic (exact) mass is 648 g/mol. The summed E-state index contributed by atoms with van der Waals surface area (Å²) in [6.45, 7) is 20.2. The van der Waals surface area contributed by atoms with Crippen LogP contribution in [0.4, 0.5) is 4.79 Å². The second-order valence-electron chi connectivity index (χ2n) is 15.6. The van der Waals surface area contributed by atoms with Crippen LogP contribution in [0, 0.1) is 29.1 Å². The molecular formula is C34H60N6O6. The maximum atomic E-state index is 14.3. The van der Waals surface area contributed by atoms with E-state index in [4.69, 9.17) is 0 Å². The zero-order valence-corrected chi connectivity index (χ0v) is 29.8. The van der Waals surface area contributed by atoms with Crippen LogP contribution in [-0.2, 0) is 24.0 Å². The van der Waals surface area contributed by atoms with Gasteiger partial charge in [-0.1, -0.05) is 67.7 Å². The van der Waals surface area contributed by atoms with Gasteiger partial charge in [-0.15, -0.1) is 0 Å². The van der Waals surface area contributed by atoms with Gasteiger partial charge < -0.3 is 31.5 Å². The minimum Gasteiger partial charge on any atom is -0.356 e. The fourth-order valence-corrected chi connectivity index (χ4v) is 6.59. The number of amides is 6. The van der Waals surface area contributed by atoms with Gasteiger partial charge in [0.1, 0.15) is 12.1 Å². The van der Waals surface area contributed by atoms with Crippen molar-refractivity contribution in [2.24, 2.45) is 29.1 Å². The fourth-order valence-electron chi connectivity index (χ4n) is 6.59. The summed E-state index contributed by atoms with van der Waals surface area (Å²) >= 11 is 0. The molecule has 12 nitrogen and oxygen atoms in total. The molecule has 2 aliphatic rings. The number of carbonyl (C=O) groups is 6. The van der Waals surface area contributed by atoms with Crippen molar-refractivity contribution < 1.29 is 28.8 Å². The van der Waals surface area contributed by atoms with Crippen LogP contribution in [0.5, 0.6) is 0 Å². The van der Waals surface area contributed by atoms with Gasteiger partial charge >= 0.3 is 6.03 Å². The van der Waals surface area contributed by atoms with E-state index in [1.807, 2.05) is 62.3 Å². The summed E-state index contributed by atoms with van der Waals surface area (Å²) in [5, 5.41) is 13.9. The van der Waals surface area contributed by atoms with Crippen LogP contribution < -0.4 is 26.6 Å². The molecule has 262 valence electrons. The van der Waals surface area contributed by atoms with Crippen molar-refractivity contribution in [2.45, 2.75) is 131 Å². The lowest BCUT2D eigenvalue weighted by atomic mass is 9.81. The second-order valence-corrected chi connectivity index (χ2v) is 15.6. The molecule has 2 rings (SSSR count). The number of rotatable bonds is 14. The van der Waals surface area contributed by atoms with E-state index in [0.29, 0.717) is 19.5 Å². The molecular weight excluding hydrogens is 588 g/mol. The molecule has 6 atom stereocenters. The number of hydrogen-bond acceptors (Lipinski definition) is 6. The normalized spacial score (nSPS) is 23.0. The number of nitrogens with zero attached hydrogens (tertiary/aromatic N) is 1. The number of likely N-dealkylation sites (tertiary alicyclic amines) is 1. The lowest BCUT2D eigenvalue weighted by Gasteiger charge is -2.37. The summed E-state index contributed by atoms with van der Waals surface area (Å²) in [6.07, 6.45) is 4.21. The van der Waals surface area contributed by atoms with Crippen molar-refractivity contribution in [3.63, 3.8) is 0 Å². The molecule has 6 amide bonds. The van der Waals surface area contributed by atoms with E-state index < -0.39 is 64.5 Å². The average Bonchev–Trinajstić information content (AvgIpc) is 3.50. The highest BCUT2D eigenvalue weighted by molar-refractivity contribution is 6.38. The molecule has 2 aliphatic heterocycles. The summed E-state index contributed by atoms with van der Waals surface area (Å²) < 4.78 is 0. The highest BCUT2D eigenvalue weighted by Crippen LogP contribution is 2.37. The predicted octanol–water partition coefficient (Wildman–Crippen LogP) is 2.89. The molecule has 0 saturated carbocycles. The number of hydrogen-bond donors (Lipinski definition) is 5. The van der Waals surface area contributed by atoms with Gasteiger partial charge in [-0.25, -0.2) is 4.79 Å². The van der Waals surface area contributed by atoms with E-state index in [1.54, 1.807) is 0 Å². The highest BCUT2D eigenvalue weighted by atomic mass is 16.2. The van der Waals surface area contributed by atoms with Crippen LogP contribution in [0.1, 0.15) is 108 Å². The Bertz CT molecular complexity index is 1110. The van der Waals surface area contributed by atoms with E-state index >= 15 is 0 Å². The number of urea groups is 1. The van der Waals surface area contributed by atoms with Crippen LogP contribution in [0.25, 0.3) is 0 Å². The largest absolute Gasteiger partial charge is 0.356 e. The molecule has 2 fully saturated rings. The Morgan fingerprint density at radius 1 is 0.978 bits per heavy atom. The maximum absolute atomic E-state index is 14.3. The number of nitrogens with one attached hydrogen (secondary N) is 5. The number of ketones is 1. The van der Waals surface area contributed by atoms with Gasteiger partial charge in [-0.3, -0.25) is 24.0 Å². The van der Waals surface area contributed by atoms with Crippen LogP contribution in [0.15, 0.2) is 0 Å². The van der Waals surface area contributed by atoms with E-state index in [9.17, 15) is 28.8 Å². The fraction of sp³-hybridized carbons (Fsp3) is 0.824. The first-order valence-electron chi connectivity index (χ1n) is 17.1. The predicted molar refractivity (Wildman–Crippen MR) is 177 cm³/mol. The number of unbranched alkanes of at least 4 members (excludes halogenated alkanes) is 3. The maximum Gasteiger partial charge on any atom is 0.315 e. The topological polar surface area (TPSA) is 166 Å². The third-order valence-corrected chi connectivity index (χ3v) is 8.90. The molecule has 0 aliphatic carbocycles. The van der Waals surface area contributed by atoms with Crippen molar-refractivity contribution in [3.8, 4) is 0 Å². The second kappa shape index (κ2) is 16.6. The first kappa shape index (κ1) is 39.0. The standard InChI is InChI=1S/C34H60N6O6/c1-11-12-13-14-16-35-30(44)26(41)23(18-22-15-17-36-28(22)42)37-29(43)25-24(20(2)3)21(4)19-40(25)31(45)27(33(5,6)7)38-32(46)39-34(8,9)10/h20-25,27H,11-19H2,1-10H3,(H,35,44)(H,36,42)(H,37,43)(H2,38,39,46)/t21-,22-,23-,24-,25-,27+/m0/s1. The summed E-state index contributed by atoms with van der Waals surface area (Å²) in [4.78, 5) is 81.8. The Hall–Kier alpha value is -3.18. The van der Waals surface area contributed by atoms with Crippen LogP contribution >= 0.6 is 0 Å². The van der Waals surface area contributed by atoms with Gasteiger partial charge in [0.25, 0.3) is 5.91 Å². The third kappa shape index (κ3) is 11.0. The zero-order valence-electron chi connectivity index (χ0n) is 29.8. The molecule has 2 heterocycles. The molecule has 0 aromatic rings. The van der Waals surface area contributed by atoms with E-state index in [0.717, 1.165) is 25.7 Å². The average molecular weight is 649 g/mol. The smallest absolute Gasteiger partial charge is 0.315 e. The van der Waals surface area contributed by atoms with Crippen molar-refractivity contribution in [1.29, 1.82) is 0 Å². The van der Waals surface area contributed by atoms with Crippen LogP contribution in [0.3, 0.4) is 0 Å². The van der Waals surface area contributed by atoms with Crippen molar-refractivity contribution in [1.82, 2.24) is 31.5 Å². The molecule has 0 unspecified atom stereocenters. The quantitative estimate of drug-likeness (QED) is 0.144. The van der Waals surface area contributed by atoms with Gasteiger partial charge in [0.05, 0.1) is 6.04 Å². The molecule has 2 saturated heterocycles. The van der Waals surface area contributed by atoms with E-state index in [-0.39, 0.29) is 36.6 Å². The highest BCUT2D eigenvalue weighted by Gasteiger charge is 2.51. The third-order valence-electron chi connectivity index (χ3n) is 8.90. The van der Waals surface area contributed by atoms with Gasteiger partial charge in [0.15, 0.2) is 0 Å². The molecule has 0 radical (unpaired) electrons. The van der Waals surface area contributed by atoms with Crippen molar-refractivity contribution in [3.05, 3.63) is 0 Å². The molecule has 0 aromatic heterocycles. The minimum absolute atomic E-state index is 0.00923. The van der Waals surface area contributed by atoms with Crippen molar-refractivity contribution in [2.75, 3.05) is 19.6 Å². The minimum atomic E-state index is -1.23. The molecule has 0 aromatic carbocycles. The van der Waals surface area contributed by atoms with Gasteiger partial charge in [-0.05, 0) is 63.2 Å². The summed E-state index contributed by atoms with van der Waals surface area (Å²) in [7, 11) is 0. The zero-order chi connectivity index (χ0) is 35.0. The molecule has 0 bridgehead atoms. The van der Waals surface area contributed by atoms with Gasteiger partial charge in [0, 0.05) is 31.1 Å². The summed E-state index contributed by atoms with van der Waals surface area (Å²) in [5.74, 6) is -3.57. The Morgan fingerprint density at radius 3 is 2.15 bits per heavy atom. The SMILES string of the molecule is CCCCCCNC(=O)C(=O)[C@H](C[C@@H]1CCNC1=O)NC(=O)[C@@H]1[C@@H](C(C)C)[C@@H](C)CN1C(=O)[C@@H](NC(=O)NC(C)(C)C)C(C)(C)C. The Morgan fingerprint density at radius 2 is 1.63 bits per heavy atom. The van der Waals surface area contributed by atoms with Crippen LogP contribution in [-0.4, -0.2) is 83.6 Å². The van der Waals surface area contributed by atoms with Crippen molar-refractivity contribution >= 4 is 35.4 Å². The molecule has 5 N–H and O–H groups in total. The molecule has 46 heavy (non-hydrogen) atoms. The number of Topliss-reactive ketones (excluding diaryl/α,β-unsaturated/α-hetero) is 1. The lowest BCUT2D eigenvalue weighted by Crippen LogP contribution is -2.62. The molecule has 12 heteroatoms. The van der Waals surface area contributed by atoms with Crippen LogP contribution in [0.2, 0.25) is 0 Å². The summed E-state index contributed by atoms with van der Waals surface area (Å²) in [6, 6.07) is -3.60. The first-order valence-corrected chi connectivity index (χ1v) is 17.1. The van der Waals surface area contributed by atoms with E-state index in [2.05, 4.69) is 33.5 Å².